The summed E-state index contributed by atoms with van der Waals surface area (Å²) >= 11 is 0. The third kappa shape index (κ3) is 2.22. The lowest BCUT2D eigenvalue weighted by Crippen LogP contribution is -2.30. The van der Waals surface area contributed by atoms with Gasteiger partial charge in [-0.3, -0.25) is 9.78 Å². The molecule has 0 spiro atoms. The highest BCUT2D eigenvalue weighted by atomic mass is 19.1. The van der Waals surface area contributed by atoms with Crippen molar-refractivity contribution < 1.29 is 13.6 Å². The summed E-state index contributed by atoms with van der Waals surface area (Å²) < 4.78 is 26.8. The Labute approximate surface area is 102 Å². The van der Waals surface area contributed by atoms with E-state index in [2.05, 4.69) is 4.98 Å². The van der Waals surface area contributed by atoms with E-state index < -0.39 is 17.5 Å². The van der Waals surface area contributed by atoms with Crippen molar-refractivity contribution in [3.63, 3.8) is 0 Å². The highest BCUT2D eigenvalue weighted by molar-refractivity contribution is 5.93. The van der Waals surface area contributed by atoms with Gasteiger partial charge in [0.05, 0.1) is 6.54 Å². The largest absolute Gasteiger partial charge is 0.368 e. The van der Waals surface area contributed by atoms with Crippen LogP contribution in [0.3, 0.4) is 0 Å². The van der Waals surface area contributed by atoms with Crippen LogP contribution in [0, 0.1) is 11.6 Å². The van der Waals surface area contributed by atoms with E-state index in [9.17, 15) is 13.6 Å². The number of carbonyl (C=O) groups excluding carboxylic acids is 1. The number of nitrogens with zero attached hydrogens (tertiary/aromatic N) is 2. The zero-order chi connectivity index (χ0) is 13.3. The average molecular weight is 251 g/mol. The van der Waals surface area contributed by atoms with E-state index in [1.807, 2.05) is 0 Å². The summed E-state index contributed by atoms with van der Waals surface area (Å²) in [5.74, 6) is -1.96. The second kappa shape index (κ2) is 4.56. The van der Waals surface area contributed by atoms with Gasteiger partial charge in [0, 0.05) is 30.4 Å². The number of hydrogen-bond acceptors (Lipinski definition) is 3. The first-order valence-electron chi connectivity index (χ1n) is 5.22. The number of hydrogen-bond donors (Lipinski definition) is 1. The first-order valence-corrected chi connectivity index (χ1v) is 5.22. The molecule has 2 aromatic rings. The Morgan fingerprint density at radius 1 is 1.44 bits per heavy atom. The van der Waals surface area contributed by atoms with Gasteiger partial charge >= 0.3 is 0 Å². The predicted molar refractivity (Wildman–Crippen MR) is 64.1 cm³/mol. The van der Waals surface area contributed by atoms with Crippen molar-refractivity contribution in [1.29, 1.82) is 0 Å². The van der Waals surface area contributed by atoms with Crippen molar-refractivity contribution in [3.05, 3.63) is 36.0 Å². The number of aromatic nitrogens is 1. The Hall–Kier alpha value is -2.24. The zero-order valence-electron chi connectivity index (χ0n) is 9.65. The predicted octanol–water partition coefficient (Wildman–Crippen LogP) is 1.43. The minimum absolute atomic E-state index is 0.0444. The highest BCUT2D eigenvalue weighted by Gasteiger charge is 2.12. The van der Waals surface area contributed by atoms with Gasteiger partial charge in [-0.2, -0.15) is 0 Å². The molecule has 0 radical (unpaired) electrons. The number of carbonyl (C=O) groups is 1. The molecule has 0 atom stereocenters. The molecule has 0 aliphatic rings. The van der Waals surface area contributed by atoms with E-state index in [0.29, 0.717) is 11.1 Å². The number of halogens is 2. The standard InChI is InChI=1S/C12H11F2N3O/c1-17(6-11(15)18)10-2-3-16-12-8(10)4-7(13)5-9(12)14/h2-5H,6H2,1H3,(H2,15,18). The summed E-state index contributed by atoms with van der Waals surface area (Å²) in [5.41, 5.74) is 5.65. The number of amides is 1. The summed E-state index contributed by atoms with van der Waals surface area (Å²) in [6.45, 7) is -0.0444. The first-order chi connectivity index (χ1) is 8.49. The zero-order valence-corrected chi connectivity index (χ0v) is 9.65. The van der Waals surface area contributed by atoms with E-state index >= 15 is 0 Å². The Morgan fingerprint density at radius 3 is 2.83 bits per heavy atom. The molecule has 0 aliphatic carbocycles. The number of pyridine rings is 1. The minimum atomic E-state index is -0.737. The normalized spacial score (nSPS) is 10.6. The third-order valence-electron chi connectivity index (χ3n) is 2.54. The van der Waals surface area contributed by atoms with Crippen LogP contribution in [0.15, 0.2) is 24.4 Å². The van der Waals surface area contributed by atoms with Crippen molar-refractivity contribution in [3.8, 4) is 0 Å². The van der Waals surface area contributed by atoms with Crippen LogP contribution in [0.5, 0.6) is 0 Å². The van der Waals surface area contributed by atoms with Crippen LogP contribution < -0.4 is 10.6 Å². The van der Waals surface area contributed by atoms with Gasteiger partial charge in [0.15, 0.2) is 5.82 Å². The molecule has 94 valence electrons. The number of benzene rings is 1. The molecule has 0 saturated carbocycles. The maximum Gasteiger partial charge on any atom is 0.236 e. The number of likely N-dealkylation sites (N-methyl/N-ethyl adjacent to an activating group) is 1. The van der Waals surface area contributed by atoms with Gasteiger partial charge in [-0.1, -0.05) is 0 Å². The van der Waals surface area contributed by atoms with Crippen molar-refractivity contribution >= 4 is 22.5 Å². The van der Waals surface area contributed by atoms with Gasteiger partial charge < -0.3 is 10.6 Å². The lowest BCUT2D eigenvalue weighted by molar-refractivity contribution is -0.116. The van der Waals surface area contributed by atoms with E-state index in [4.69, 9.17) is 5.73 Å². The number of anilines is 1. The molecular formula is C12H11F2N3O. The molecule has 1 amide bonds. The van der Waals surface area contributed by atoms with E-state index in [1.54, 1.807) is 13.1 Å². The summed E-state index contributed by atoms with van der Waals surface area (Å²) in [6, 6.07) is 3.52. The second-order valence-electron chi connectivity index (χ2n) is 3.94. The van der Waals surface area contributed by atoms with Crippen molar-refractivity contribution in [2.45, 2.75) is 0 Å². The topological polar surface area (TPSA) is 59.2 Å². The fourth-order valence-corrected chi connectivity index (χ4v) is 1.82. The summed E-state index contributed by atoms with van der Waals surface area (Å²) in [7, 11) is 1.61. The van der Waals surface area contributed by atoms with E-state index in [1.165, 1.54) is 17.2 Å². The molecule has 0 unspecified atom stereocenters. The van der Waals surface area contributed by atoms with Crippen LogP contribution in [0.2, 0.25) is 0 Å². The first kappa shape index (κ1) is 12.2. The number of fused-ring (bicyclic) bond motifs is 1. The number of rotatable bonds is 3. The molecule has 18 heavy (non-hydrogen) atoms. The molecule has 1 aromatic carbocycles. The molecule has 6 heteroatoms. The van der Waals surface area contributed by atoms with Crippen molar-refractivity contribution in [2.75, 3.05) is 18.5 Å². The molecule has 1 heterocycles. The number of primary amides is 1. The van der Waals surface area contributed by atoms with Crippen LogP contribution in [-0.2, 0) is 4.79 Å². The number of nitrogens with two attached hydrogens (primary N) is 1. The highest BCUT2D eigenvalue weighted by Crippen LogP contribution is 2.26. The molecule has 0 saturated heterocycles. The van der Waals surface area contributed by atoms with Gasteiger partial charge in [0.1, 0.15) is 11.3 Å². The van der Waals surface area contributed by atoms with Gasteiger partial charge in [-0.25, -0.2) is 8.78 Å². The molecule has 0 fully saturated rings. The fraction of sp³-hybridized carbons (Fsp3) is 0.167. The van der Waals surface area contributed by atoms with Gasteiger partial charge in [-0.05, 0) is 12.1 Å². The van der Waals surface area contributed by atoms with Crippen LogP contribution >= 0.6 is 0 Å². The van der Waals surface area contributed by atoms with Gasteiger partial charge in [0.2, 0.25) is 5.91 Å². The fourth-order valence-electron chi connectivity index (χ4n) is 1.82. The summed E-state index contributed by atoms with van der Waals surface area (Å²) in [5, 5.41) is 0.304. The van der Waals surface area contributed by atoms with E-state index in [0.717, 1.165) is 6.07 Å². The second-order valence-corrected chi connectivity index (χ2v) is 3.94. The molecule has 0 bridgehead atoms. The van der Waals surface area contributed by atoms with Crippen molar-refractivity contribution in [2.24, 2.45) is 5.73 Å². The maximum atomic E-state index is 13.5. The lowest BCUT2D eigenvalue weighted by atomic mass is 10.1. The smallest absolute Gasteiger partial charge is 0.236 e. The maximum absolute atomic E-state index is 13.5. The Balaban J connectivity index is 2.61. The summed E-state index contributed by atoms with van der Waals surface area (Å²) in [6.07, 6.45) is 1.40. The Kier molecular flexibility index (Phi) is 3.10. The van der Waals surface area contributed by atoms with Gasteiger partial charge in [-0.15, -0.1) is 0 Å². The monoisotopic (exact) mass is 251 g/mol. The molecule has 2 rings (SSSR count). The summed E-state index contributed by atoms with van der Waals surface area (Å²) in [4.78, 5) is 16.2. The third-order valence-corrected chi connectivity index (χ3v) is 2.54. The van der Waals surface area contributed by atoms with E-state index in [-0.39, 0.29) is 12.1 Å². The molecule has 2 N–H and O–H groups in total. The molecule has 4 nitrogen and oxygen atoms in total. The average Bonchev–Trinajstić information content (AvgIpc) is 2.27. The van der Waals surface area contributed by atoms with Gasteiger partial charge in [0.25, 0.3) is 0 Å². The molecule has 1 aromatic heterocycles. The van der Waals surface area contributed by atoms with Crippen LogP contribution in [-0.4, -0.2) is 24.5 Å². The minimum Gasteiger partial charge on any atom is -0.368 e. The van der Waals surface area contributed by atoms with Crippen LogP contribution in [0.25, 0.3) is 10.9 Å². The molecule has 0 aliphatic heterocycles. The molecular weight excluding hydrogens is 240 g/mol. The Bertz CT molecular complexity index is 616. The van der Waals surface area contributed by atoms with Crippen molar-refractivity contribution in [1.82, 2.24) is 4.98 Å². The SMILES string of the molecule is CN(CC(N)=O)c1ccnc2c(F)cc(F)cc12. The lowest BCUT2D eigenvalue weighted by Gasteiger charge is -2.19. The quantitative estimate of drug-likeness (QED) is 0.897. The van der Waals surface area contributed by atoms with Crippen LogP contribution in [0.1, 0.15) is 0 Å². The Morgan fingerprint density at radius 2 is 2.17 bits per heavy atom. The van der Waals surface area contributed by atoms with Crippen LogP contribution in [0.4, 0.5) is 14.5 Å².